The molecule has 0 aliphatic rings. The molecule has 0 aliphatic heterocycles. The van der Waals surface area contributed by atoms with Crippen molar-refractivity contribution in [2.24, 2.45) is 5.92 Å². The maximum absolute atomic E-state index is 13.4. The van der Waals surface area contributed by atoms with Gasteiger partial charge in [0, 0.05) is 56.0 Å². The first-order valence-corrected chi connectivity index (χ1v) is 11.3. The molecule has 1 aromatic carbocycles. The van der Waals surface area contributed by atoms with Gasteiger partial charge in [0.25, 0.3) is 17.7 Å². The normalized spacial score (nSPS) is 10.2. The van der Waals surface area contributed by atoms with E-state index in [-0.39, 0.29) is 40.3 Å². The quantitative estimate of drug-likeness (QED) is 0.357. The van der Waals surface area contributed by atoms with Gasteiger partial charge in [0.05, 0.1) is 0 Å². The molecule has 0 bridgehead atoms. The molecule has 0 heterocycles. The van der Waals surface area contributed by atoms with Crippen molar-refractivity contribution < 1.29 is 14.4 Å². The Morgan fingerprint density at radius 1 is 0.618 bits per heavy atom. The molecule has 0 aromatic heterocycles. The first kappa shape index (κ1) is 28.4. The molecule has 0 unspecified atom stereocenters. The van der Waals surface area contributed by atoms with Crippen molar-refractivity contribution in [3.05, 3.63) is 98.2 Å². The smallest absolute Gasteiger partial charge is 0.254 e. The molecule has 6 nitrogen and oxygen atoms in total. The van der Waals surface area contributed by atoms with Crippen LogP contribution >= 0.6 is 0 Å². The van der Waals surface area contributed by atoms with Crippen molar-refractivity contribution in [1.29, 1.82) is 0 Å². The number of amides is 3. The van der Waals surface area contributed by atoms with Gasteiger partial charge in [-0.1, -0.05) is 44.2 Å². The number of benzene rings is 1. The first-order valence-electron chi connectivity index (χ1n) is 11.3. The van der Waals surface area contributed by atoms with Gasteiger partial charge in [-0.25, -0.2) is 0 Å². The molecule has 34 heavy (non-hydrogen) atoms. The second kappa shape index (κ2) is 14.5. The summed E-state index contributed by atoms with van der Waals surface area (Å²) in [4.78, 5) is 44.8. The van der Waals surface area contributed by atoms with Crippen LogP contribution in [0.5, 0.6) is 0 Å². The Labute approximate surface area is 204 Å². The highest BCUT2D eigenvalue weighted by Crippen LogP contribution is 2.18. The molecule has 1 aromatic rings. The fourth-order valence-corrected chi connectivity index (χ4v) is 3.49. The van der Waals surface area contributed by atoms with Crippen molar-refractivity contribution in [1.82, 2.24) is 14.7 Å². The zero-order valence-corrected chi connectivity index (χ0v) is 20.5. The molecule has 0 aliphatic carbocycles. The van der Waals surface area contributed by atoms with Crippen LogP contribution in [0.25, 0.3) is 0 Å². The Balaban J connectivity index is 3.63. The molecule has 1 rings (SSSR count). The minimum atomic E-state index is -0.318. The van der Waals surface area contributed by atoms with E-state index >= 15 is 0 Å². The lowest BCUT2D eigenvalue weighted by Crippen LogP contribution is -2.36. The predicted octanol–water partition coefficient (Wildman–Crippen LogP) is 4.60. The lowest BCUT2D eigenvalue weighted by atomic mass is 10.0. The number of carbonyl (C=O) groups is 3. The van der Waals surface area contributed by atoms with E-state index in [0.717, 1.165) is 0 Å². The summed E-state index contributed by atoms with van der Waals surface area (Å²) < 4.78 is 0. The summed E-state index contributed by atoms with van der Waals surface area (Å²) in [5.74, 6) is -0.667. The van der Waals surface area contributed by atoms with Gasteiger partial charge in [-0.15, -0.1) is 32.9 Å². The van der Waals surface area contributed by atoms with E-state index in [9.17, 15) is 14.4 Å². The summed E-state index contributed by atoms with van der Waals surface area (Å²) >= 11 is 0. The van der Waals surface area contributed by atoms with Crippen LogP contribution < -0.4 is 0 Å². The van der Waals surface area contributed by atoms with Gasteiger partial charge in [0.15, 0.2) is 0 Å². The Bertz CT molecular complexity index is 859. The van der Waals surface area contributed by atoms with Crippen molar-refractivity contribution in [3.8, 4) is 0 Å². The van der Waals surface area contributed by atoms with Crippen LogP contribution in [0.1, 0.15) is 44.9 Å². The van der Waals surface area contributed by atoms with E-state index < -0.39 is 0 Å². The Morgan fingerprint density at radius 2 is 0.882 bits per heavy atom. The average Bonchev–Trinajstić information content (AvgIpc) is 2.81. The minimum Gasteiger partial charge on any atom is -0.335 e. The third-order valence-corrected chi connectivity index (χ3v) is 4.87. The van der Waals surface area contributed by atoms with Crippen LogP contribution in [0.15, 0.2) is 81.5 Å². The molecule has 182 valence electrons. The molecule has 0 spiro atoms. The van der Waals surface area contributed by atoms with Crippen LogP contribution in [-0.2, 0) is 0 Å². The first-order chi connectivity index (χ1) is 16.2. The highest BCUT2D eigenvalue weighted by atomic mass is 16.2. The number of hydrogen-bond donors (Lipinski definition) is 0. The summed E-state index contributed by atoms with van der Waals surface area (Å²) in [6, 6.07) is 4.62. The van der Waals surface area contributed by atoms with Crippen molar-refractivity contribution >= 4 is 17.7 Å². The zero-order chi connectivity index (χ0) is 25.7. The highest BCUT2D eigenvalue weighted by molar-refractivity contribution is 6.04. The maximum atomic E-state index is 13.4. The number of rotatable bonds is 15. The molecule has 0 saturated heterocycles. The van der Waals surface area contributed by atoms with E-state index in [2.05, 4.69) is 32.9 Å². The molecule has 3 amide bonds. The topological polar surface area (TPSA) is 60.9 Å². The third-order valence-electron chi connectivity index (χ3n) is 4.87. The van der Waals surface area contributed by atoms with Gasteiger partial charge in [0.1, 0.15) is 0 Å². The second-order valence-corrected chi connectivity index (χ2v) is 8.27. The summed E-state index contributed by atoms with van der Waals surface area (Å²) in [6.07, 6.45) is 8.13. The lowest BCUT2D eigenvalue weighted by molar-refractivity contribution is 0.0756. The van der Waals surface area contributed by atoms with Crippen LogP contribution in [-0.4, -0.2) is 71.7 Å². The van der Waals surface area contributed by atoms with E-state index in [1.165, 1.54) is 6.07 Å². The zero-order valence-electron chi connectivity index (χ0n) is 20.5. The van der Waals surface area contributed by atoms with E-state index in [4.69, 9.17) is 0 Å². The Morgan fingerprint density at radius 3 is 1.15 bits per heavy atom. The van der Waals surface area contributed by atoms with Gasteiger partial charge >= 0.3 is 0 Å². The van der Waals surface area contributed by atoms with Gasteiger partial charge in [-0.2, -0.15) is 0 Å². The number of hydrogen-bond acceptors (Lipinski definition) is 3. The van der Waals surface area contributed by atoms with Crippen LogP contribution in [0.3, 0.4) is 0 Å². The van der Waals surface area contributed by atoms with Gasteiger partial charge < -0.3 is 14.7 Å². The third kappa shape index (κ3) is 8.03. The Hall–Kier alpha value is -3.67. The number of carbonyl (C=O) groups excluding carboxylic acids is 3. The maximum Gasteiger partial charge on any atom is 0.254 e. The summed E-state index contributed by atoms with van der Waals surface area (Å²) in [5.41, 5.74) is 0.766. The summed E-state index contributed by atoms with van der Waals surface area (Å²) in [6.45, 7) is 24.7. The monoisotopic (exact) mass is 463 g/mol. The number of nitrogens with zero attached hydrogens (tertiary/aromatic N) is 3. The van der Waals surface area contributed by atoms with Crippen molar-refractivity contribution in [3.63, 3.8) is 0 Å². The molecule has 6 heteroatoms. The van der Waals surface area contributed by atoms with Crippen LogP contribution in [0.4, 0.5) is 0 Å². The van der Waals surface area contributed by atoms with E-state index in [1.807, 2.05) is 13.8 Å². The van der Waals surface area contributed by atoms with Crippen molar-refractivity contribution in [2.75, 3.05) is 39.3 Å². The van der Waals surface area contributed by atoms with E-state index in [0.29, 0.717) is 39.3 Å². The van der Waals surface area contributed by atoms with Crippen molar-refractivity contribution in [2.45, 2.75) is 13.8 Å². The molecule has 0 N–H and O–H groups in total. The molecule has 0 fully saturated rings. The SMILES string of the molecule is C=CCN(CC=C)C(=O)c1cc(C(=O)N(CC=C)CC=C)cc(C(=O)N(CC=C)CC(C)C)c1. The minimum absolute atomic E-state index is 0.237. The standard InChI is InChI=1S/C28H37N3O3/c1-8-13-29(14-9-2)26(32)23-18-24(27(33)30(15-10-3)16-11-4)20-25(19-23)28(34)31(17-12-5)21-22(6)7/h8-12,18-20,22H,1-5,13-17,21H2,6-7H3. The van der Waals surface area contributed by atoms with E-state index in [1.54, 1.807) is 57.2 Å². The van der Waals surface area contributed by atoms with Gasteiger partial charge in [-0.3, -0.25) is 14.4 Å². The fourth-order valence-electron chi connectivity index (χ4n) is 3.49. The van der Waals surface area contributed by atoms with Crippen LogP contribution in [0.2, 0.25) is 0 Å². The fraction of sp³-hybridized carbons (Fsp3) is 0.321. The van der Waals surface area contributed by atoms with Gasteiger partial charge in [0.2, 0.25) is 0 Å². The lowest BCUT2D eigenvalue weighted by Gasteiger charge is -2.25. The highest BCUT2D eigenvalue weighted by Gasteiger charge is 2.24. The van der Waals surface area contributed by atoms with Crippen LogP contribution in [0, 0.1) is 5.92 Å². The summed E-state index contributed by atoms with van der Waals surface area (Å²) in [7, 11) is 0. The summed E-state index contributed by atoms with van der Waals surface area (Å²) in [5, 5.41) is 0. The molecule has 0 saturated carbocycles. The second-order valence-electron chi connectivity index (χ2n) is 8.27. The van der Waals surface area contributed by atoms with Gasteiger partial charge in [-0.05, 0) is 24.1 Å². The molecular formula is C28H37N3O3. The Kier molecular flexibility index (Phi) is 12.1. The predicted molar refractivity (Wildman–Crippen MR) is 140 cm³/mol. The molecule has 0 radical (unpaired) electrons. The largest absolute Gasteiger partial charge is 0.335 e. The molecular weight excluding hydrogens is 426 g/mol. The molecule has 0 atom stereocenters. The average molecular weight is 464 g/mol.